The lowest BCUT2D eigenvalue weighted by molar-refractivity contribution is 0.214. The van der Waals surface area contributed by atoms with Gasteiger partial charge in [0.2, 0.25) is 0 Å². The molecule has 0 saturated carbocycles. The van der Waals surface area contributed by atoms with Gasteiger partial charge in [-0.25, -0.2) is 9.79 Å². The maximum Gasteiger partial charge on any atom is 0.322 e. The highest BCUT2D eigenvalue weighted by molar-refractivity contribution is 6.04. The number of rotatable bonds is 4. The molecule has 0 aromatic heterocycles. The zero-order valence-corrected chi connectivity index (χ0v) is 21.2. The van der Waals surface area contributed by atoms with Crippen molar-refractivity contribution in [3.63, 3.8) is 0 Å². The summed E-state index contributed by atoms with van der Waals surface area (Å²) in [5, 5.41) is 2.98. The second-order valence-corrected chi connectivity index (χ2v) is 8.69. The van der Waals surface area contributed by atoms with E-state index in [0.717, 1.165) is 41.6 Å². The van der Waals surface area contributed by atoms with Crippen LogP contribution in [0.5, 0.6) is 28.7 Å². The van der Waals surface area contributed by atoms with Crippen molar-refractivity contribution in [1.29, 1.82) is 0 Å². The van der Waals surface area contributed by atoms with Gasteiger partial charge in [0.05, 0.1) is 32.6 Å². The molecule has 2 aliphatic heterocycles. The molecule has 0 bridgehead atoms. The second kappa shape index (κ2) is 10.7. The number of fused-ring (bicyclic) bond motifs is 2. The third-order valence-electron chi connectivity index (χ3n) is 6.47. The van der Waals surface area contributed by atoms with Crippen molar-refractivity contribution in [3.8, 4) is 28.7 Å². The molecule has 0 radical (unpaired) electrons. The molecule has 3 aromatic carbocycles. The third kappa shape index (κ3) is 5.11. The molecule has 0 unspecified atom stereocenters. The van der Waals surface area contributed by atoms with Crippen molar-refractivity contribution < 1.29 is 23.7 Å². The molecule has 9 nitrogen and oxygen atoms in total. The van der Waals surface area contributed by atoms with Crippen LogP contribution in [-0.4, -0.2) is 69.2 Å². The molecule has 0 atom stereocenters. The molecule has 2 aliphatic rings. The van der Waals surface area contributed by atoms with Crippen LogP contribution in [0, 0.1) is 0 Å². The van der Waals surface area contributed by atoms with E-state index in [9.17, 15) is 4.79 Å². The van der Waals surface area contributed by atoms with E-state index in [1.54, 1.807) is 39.5 Å². The van der Waals surface area contributed by atoms with E-state index in [0.29, 0.717) is 42.6 Å². The van der Waals surface area contributed by atoms with Crippen LogP contribution in [0.4, 0.5) is 16.2 Å². The number of amides is 2. The lowest BCUT2D eigenvalue weighted by Gasteiger charge is -2.25. The van der Waals surface area contributed by atoms with Crippen molar-refractivity contribution >= 4 is 23.2 Å². The van der Waals surface area contributed by atoms with E-state index in [2.05, 4.69) is 10.2 Å². The monoisotopic (exact) mass is 502 g/mol. The van der Waals surface area contributed by atoms with Gasteiger partial charge in [-0.3, -0.25) is 0 Å². The Bertz CT molecular complexity index is 1330. The molecule has 3 aromatic rings. The standard InChI is InChI=1S/C28H30N4O5/c1-34-19-10-12-24-21(17-19)27(29-22-7-4-5-8-25(22)37-24)31-13-6-14-32(16-15-31)28(33)30-23-11-9-20(35-2)18-26(23)36-3/h4-5,7-12,17-18H,6,13-16H2,1-3H3,(H,30,33). The molecular weight excluding hydrogens is 472 g/mol. The highest BCUT2D eigenvalue weighted by atomic mass is 16.5. The first-order chi connectivity index (χ1) is 18.1. The predicted octanol–water partition coefficient (Wildman–Crippen LogP) is 5.14. The lowest BCUT2D eigenvalue weighted by Crippen LogP contribution is -2.39. The molecule has 2 amide bonds. The topological polar surface area (TPSA) is 84.9 Å². The number of nitrogens with zero attached hydrogens (tertiary/aromatic N) is 3. The Hall–Kier alpha value is -4.40. The normalized spacial score (nSPS) is 14.7. The summed E-state index contributed by atoms with van der Waals surface area (Å²) in [6, 6.07) is 18.6. The second-order valence-electron chi connectivity index (χ2n) is 8.69. The number of para-hydroxylation sites is 2. The Kier molecular flexibility index (Phi) is 7.02. The summed E-state index contributed by atoms with van der Waals surface area (Å²) in [5.41, 5.74) is 2.21. The van der Waals surface area contributed by atoms with E-state index in [4.69, 9.17) is 23.9 Å². The number of carbonyl (C=O) groups excluding carboxylic acids is 1. The molecule has 192 valence electrons. The average Bonchev–Trinajstić information content (AvgIpc) is 3.28. The molecule has 5 rings (SSSR count). The number of carbonyl (C=O) groups is 1. The van der Waals surface area contributed by atoms with Crippen LogP contribution in [0.3, 0.4) is 0 Å². The van der Waals surface area contributed by atoms with E-state index in [1.807, 2.05) is 47.4 Å². The van der Waals surface area contributed by atoms with Gasteiger partial charge in [-0.2, -0.15) is 0 Å². The van der Waals surface area contributed by atoms with Gasteiger partial charge in [0.15, 0.2) is 5.75 Å². The Morgan fingerprint density at radius 1 is 0.865 bits per heavy atom. The van der Waals surface area contributed by atoms with Gasteiger partial charge in [-0.15, -0.1) is 0 Å². The van der Waals surface area contributed by atoms with Gasteiger partial charge in [-0.1, -0.05) is 12.1 Å². The molecule has 37 heavy (non-hydrogen) atoms. The quantitative estimate of drug-likeness (QED) is 0.532. The Morgan fingerprint density at radius 3 is 2.46 bits per heavy atom. The molecule has 0 spiro atoms. The van der Waals surface area contributed by atoms with Crippen LogP contribution in [0.25, 0.3) is 0 Å². The smallest absolute Gasteiger partial charge is 0.322 e. The van der Waals surface area contributed by atoms with Crippen LogP contribution in [-0.2, 0) is 0 Å². The van der Waals surface area contributed by atoms with Crippen LogP contribution in [0.2, 0.25) is 0 Å². The highest BCUT2D eigenvalue weighted by Crippen LogP contribution is 2.39. The summed E-state index contributed by atoms with van der Waals surface area (Å²) in [6.45, 7) is 2.51. The van der Waals surface area contributed by atoms with Gasteiger partial charge in [0.1, 0.15) is 34.5 Å². The molecule has 1 saturated heterocycles. The number of hydrogen-bond donors (Lipinski definition) is 1. The number of amidine groups is 1. The first kappa shape index (κ1) is 24.3. The SMILES string of the molecule is COc1ccc(NC(=O)N2CCCN(C3=Nc4ccccc4Oc4ccc(OC)cc43)CC2)c(OC)c1. The fourth-order valence-corrected chi connectivity index (χ4v) is 4.50. The molecule has 9 heteroatoms. The van der Waals surface area contributed by atoms with Gasteiger partial charge in [-0.05, 0) is 48.9 Å². The average molecular weight is 503 g/mol. The van der Waals surface area contributed by atoms with Crippen molar-refractivity contribution in [2.45, 2.75) is 6.42 Å². The van der Waals surface area contributed by atoms with Gasteiger partial charge >= 0.3 is 6.03 Å². The fourth-order valence-electron chi connectivity index (χ4n) is 4.50. The fraction of sp³-hybridized carbons (Fsp3) is 0.286. The molecule has 0 aliphatic carbocycles. The van der Waals surface area contributed by atoms with E-state index in [-0.39, 0.29) is 6.03 Å². The van der Waals surface area contributed by atoms with Gasteiger partial charge in [0.25, 0.3) is 0 Å². The number of nitrogens with one attached hydrogen (secondary N) is 1. The summed E-state index contributed by atoms with van der Waals surface area (Å²) in [4.78, 5) is 22.2. The first-order valence-corrected chi connectivity index (χ1v) is 12.2. The summed E-state index contributed by atoms with van der Waals surface area (Å²) < 4.78 is 22.4. The van der Waals surface area contributed by atoms with Crippen LogP contribution in [0.1, 0.15) is 12.0 Å². The summed E-state index contributed by atoms with van der Waals surface area (Å²) >= 11 is 0. The Labute approximate surface area is 216 Å². The van der Waals surface area contributed by atoms with Crippen molar-refractivity contribution in [2.75, 3.05) is 52.8 Å². The minimum absolute atomic E-state index is 0.177. The number of urea groups is 1. The Balaban J connectivity index is 1.37. The zero-order chi connectivity index (χ0) is 25.8. The minimum atomic E-state index is -0.177. The maximum atomic E-state index is 13.2. The zero-order valence-electron chi connectivity index (χ0n) is 21.2. The summed E-state index contributed by atoms with van der Waals surface area (Å²) in [7, 11) is 4.80. The van der Waals surface area contributed by atoms with Crippen LogP contribution < -0.4 is 24.3 Å². The lowest BCUT2D eigenvalue weighted by atomic mass is 10.1. The minimum Gasteiger partial charge on any atom is -0.497 e. The number of aliphatic imine (C=N–C) groups is 1. The molecule has 1 N–H and O–H groups in total. The predicted molar refractivity (Wildman–Crippen MR) is 142 cm³/mol. The van der Waals surface area contributed by atoms with Gasteiger partial charge < -0.3 is 34.1 Å². The number of ether oxygens (including phenoxy) is 4. The van der Waals surface area contributed by atoms with Crippen LogP contribution in [0.15, 0.2) is 65.7 Å². The van der Waals surface area contributed by atoms with E-state index in [1.165, 1.54) is 0 Å². The maximum absolute atomic E-state index is 13.2. The third-order valence-corrected chi connectivity index (χ3v) is 6.47. The largest absolute Gasteiger partial charge is 0.497 e. The number of benzene rings is 3. The summed E-state index contributed by atoms with van der Waals surface area (Å²) in [5.74, 6) is 4.15. The number of anilines is 1. The van der Waals surface area contributed by atoms with Gasteiger partial charge in [0, 0.05) is 32.2 Å². The van der Waals surface area contributed by atoms with Crippen molar-refractivity contribution in [3.05, 3.63) is 66.2 Å². The highest BCUT2D eigenvalue weighted by Gasteiger charge is 2.27. The molecule has 2 heterocycles. The van der Waals surface area contributed by atoms with Crippen molar-refractivity contribution in [1.82, 2.24) is 9.80 Å². The van der Waals surface area contributed by atoms with E-state index < -0.39 is 0 Å². The first-order valence-electron chi connectivity index (χ1n) is 12.2. The van der Waals surface area contributed by atoms with Crippen molar-refractivity contribution in [2.24, 2.45) is 4.99 Å². The molecule has 1 fully saturated rings. The Morgan fingerprint density at radius 2 is 1.65 bits per heavy atom. The number of hydrogen-bond acceptors (Lipinski definition) is 7. The summed E-state index contributed by atoms with van der Waals surface area (Å²) in [6.07, 6.45) is 0.786. The van der Waals surface area contributed by atoms with Crippen LogP contribution >= 0.6 is 0 Å². The van der Waals surface area contributed by atoms with E-state index >= 15 is 0 Å². The molecular formula is C28H30N4O5. The number of methoxy groups -OCH3 is 3.